The molecule has 2 heterocycles. The van der Waals surface area contributed by atoms with Gasteiger partial charge in [0, 0.05) is 13.7 Å². The summed E-state index contributed by atoms with van der Waals surface area (Å²) in [6.07, 6.45) is 2.97. The van der Waals surface area contributed by atoms with Gasteiger partial charge in [0.1, 0.15) is 0 Å². The Labute approximate surface area is 97.9 Å². The van der Waals surface area contributed by atoms with E-state index >= 15 is 0 Å². The maximum absolute atomic E-state index is 6.22. The lowest BCUT2D eigenvalue weighted by Gasteiger charge is -2.22. The highest BCUT2D eigenvalue weighted by Gasteiger charge is 2.33. The lowest BCUT2D eigenvalue weighted by Crippen LogP contribution is -2.31. The molecule has 5 heteroatoms. The van der Waals surface area contributed by atoms with Crippen LogP contribution in [0.4, 0.5) is 0 Å². The van der Waals surface area contributed by atoms with Gasteiger partial charge in [0.05, 0.1) is 28.5 Å². The zero-order chi connectivity index (χ0) is 11.0. The Morgan fingerprint density at radius 2 is 2.47 bits per heavy atom. The van der Waals surface area contributed by atoms with Gasteiger partial charge in [-0.15, -0.1) is 0 Å². The topological polar surface area (TPSA) is 53.1 Å². The molecule has 1 fully saturated rings. The van der Waals surface area contributed by atoms with Gasteiger partial charge in [-0.3, -0.25) is 4.68 Å². The number of aromatic nitrogens is 2. The summed E-state index contributed by atoms with van der Waals surface area (Å²) in [6.45, 7) is 3.00. The maximum Gasteiger partial charge on any atom is 0.0809 e. The lowest BCUT2D eigenvalue weighted by molar-refractivity contribution is 0.0701. The van der Waals surface area contributed by atoms with Crippen LogP contribution in [0.2, 0.25) is 0 Å². The number of hydrogen-bond acceptors (Lipinski definition) is 3. The second-order valence-electron chi connectivity index (χ2n) is 4.13. The van der Waals surface area contributed by atoms with Gasteiger partial charge in [0.2, 0.25) is 0 Å². The summed E-state index contributed by atoms with van der Waals surface area (Å²) in [5.41, 5.74) is 7.23. The predicted octanol–water partition coefficient (Wildman–Crippen LogP) is 1.61. The fourth-order valence-electron chi connectivity index (χ4n) is 2.13. The highest BCUT2D eigenvalue weighted by Crippen LogP contribution is 2.32. The first kappa shape index (κ1) is 11.1. The number of nitrogens with zero attached hydrogens (tertiary/aromatic N) is 2. The molecular formula is C10H16BrN3O. The molecule has 0 spiro atoms. The van der Waals surface area contributed by atoms with Crippen molar-refractivity contribution in [2.24, 2.45) is 18.7 Å². The van der Waals surface area contributed by atoms with E-state index in [0.29, 0.717) is 5.92 Å². The van der Waals surface area contributed by atoms with Crippen molar-refractivity contribution in [3.05, 3.63) is 16.4 Å². The SMILES string of the molecule is CC1CCOC1C(N)c1c(Br)cnn1C. The van der Waals surface area contributed by atoms with Gasteiger partial charge in [0.15, 0.2) is 0 Å². The van der Waals surface area contributed by atoms with Crippen LogP contribution in [0.3, 0.4) is 0 Å². The van der Waals surface area contributed by atoms with Crippen molar-refractivity contribution in [3.63, 3.8) is 0 Å². The molecule has 0 radical (unpaired) electrons. The van der Waals surface area contributed by atoms with Gasteiger partial charge >= 0.3 is 0 Å². The highest BCUT2D eigenvalue weighted by atomic mass is 79.9. The van der Waals surface area contributed by atoms with Crippen LogP contribution in [0.15, 0.2) is 10.7 Å². The summed E-state index contributed by atoms with van der Waals surface area (Å²) in [5.74, 6) is 0.516. The van der Waals surface area contributed by atoms with Crippen molar-refractivity contribution in [2.45, 2.75) is 25.5 Å². The minimum atomic E-state index is -0.107. The fourth-order valence-corrected chi connectivity index (χ4v) is 2.74. The van der Waals surface area contributed by atoms with Gasteiger partial charge in [-0.05, 0) is 28.3 Å². The van der Waals surface area contributed by atoms with Crippen molar-refractivity contribution in [1.82, 2.24) is 9.78 Å². The molecule has 1 aliphatic heterocycles. The van der Waals surface area contributed by atoms with Gasteiger partial charge in [0.25, 0.3) is 0 Å². The fraction of sp³-hybridized carbons (Fsp3) is 0.700. The van der Waals surface area contributed by atoms with Crippen LogP contribution < -0.4 is 5.73 Å². The van der Waals surface area contributed by atoms with Gasteiger partial charge in [-0.2, -0.15) is 5.10 Å². The first-order valence-electron chi connectivity index (χ1n) is 5.16. The maximum atomic E-state index is 6.22. The van der Waals surface area contributed by atoms with E-state index in [-0.39, 0.29) is 12.1 Å². The van der Waals surface area contributed by atoms with E-state index in [4.69, 9.17) is 10.5 Å². The van der Waals surface area contributed by atoms with Crippen molar-refractivity contribution in [2.75, 3.05) is 6.61 Å². The first-order valence-corrected chi connectivity index (χ1v) is 5.95. The Morgan fingerprint density at radius 3 is 2.93 bits per heavy atom. The van der Waals surface area contributed by atoms with Gasteiger partial charge in [-0.25, -0.2) is 0 Å². The van der Waals surface area contributed by atoms with Crippen LogP contribution in [0.25, 0.3) is 0 Å². The summed E-state index contributed by atoms with van der Waals surface area (Å²) in [4.78, 5) is 0. The molecule has 0 aromatic carbocycles. The van der Waals surface area contributed by atoms with Crippen LogP contribution in [0.1, 0.15) is 25.1 Å². The quantitative estimate of drug-likeness (QED) is 0.891. The summed E-state index contributed by atoms with van der Waals surface area (Å²) in [5, 5.41) is 4.17. The summed E-state index contributed by atoms with van der Waals surface area (Å²) in [7, 11) is 1.90. The number of aryl methyl sites for hydroxylation is 1. The molecule has 0 amide bonds. The third-order valence-electron chi connectivity index (χ3n) is 3.05. The number of rotatable bonds is 2. The Balaban J connectivity index is 2.23. The molecule has 1 aromatic rings. The van der Waals surface area contributed by atoms with Crippen molar-refractivity contribution >= 4 is 15.9 Å². The zero-order valence-electron chi connectivity index (χ0n) is 8.98. The van der Waals surface area contributed by atoms with Gasteiger partial charge in [-0.1, -0.05) is 6.92 Å². The van der Waals surface area contributed by atoms with E-state index < -0.39 is 0 Å². The van der Waals surface area contributed by atoms with Gasteiger partial charge < -0.3 is 10.5 Å². The van der Waals surface area contributed by atoms with Crippen LogP contribution in [-0.4, -0.2) is 22.5 Å². The predicted molar refractivity (Wildman–Crippen MR) is 61.4 cm³/mol. The molecule has 1 aliphatic rings. The third-order valence-corrected chi connectivity index (χ3v) is 3.66. The molecule has 2 rings (SSSR count). The molecule has 0 saturated carbocycles. The zero-order valence-corrected chi connectivity index (χ0v) is 10.6. The molecule has 0 aliphatic carbocycles. The minimum absolute atomic E-state index is 0.107. The average molecular weight is 274 g/mol. The molecular weight excluding hydrogens is 258 g/mol. The molecule has 1 aromatic heterocycles. The van der Waals surface area contributed by atoms with E-state index in [1.165, 1.54) is 0 Å². The second kappa shape index (κ2) is 4.23. The van der Waals surface area contributed by atoms with E-state index in [9.17, 15) is 0 Å². The molecule has 1 saturated heterocycles. The van der Waals surface area contributed by atoms with E-state index in [1.807, 2.05) is 11.7 Å². The van der Waals surface area contributed by atoms with E-state index in [2.05, 4.69) is 28.0 Å². The highest BCUT2D eigenvalue weighted by molar-refractivity contribution is 9.10. The lowest BCUT2D eigenvalue weighted by atomic mass is 9.96. The molecule has 2 N–H and O–H groups in total. The summed E-state index contributed by atoms with van der Waals surface area (Å²) >= 11 is 3.47. The number of ether oxygens (including phenoxy) is 1. The van der Waals surface area contributed by atoms with Crippen molar-refractivity contribution in [1.29, 1.82) is 0 Å². The van der Waals surface area contributed by atoms with E-state index in [1.54, 1.807) is 6.20 Å². The third kappa shape index (κ3) is 1.96. The van der Waals surface area contributed by atoms with Crippen LogP contribution in [-0.2, 0) is 11.8 Å². The Morgan fingerprint density at radius 1 is 1.73 bits per heavy atom. The Kier molecular flexibility index (Phi) is 3.13. The molecule has 4 nitrogen and oxygen atoms in total. The normalized spacial score (nSPS) is 28.3. The minimum Gasteiger partial charge on any atom is -0.376 e. The van der Waals surface area contributed by atoms with E-state index in [0.717, 1.165) is 23.2 Å². The number of halogens is 1. The molecule has 15 heavy (non-hydrogen) atoms. The molecule has 3 atom stereocenters. The Bertz CT molecular complexity index is 333. The second-order valence-corrected chi connectivity index (χ2v) is 4.98. The first-order chi connectivity index (χ1) is 7.11. The standard InChI is InChI=1S/C10H16BrN3O/c1-6-3-4-15-10(6)8(12)9-7(11)5-13-14(9)2/h5-6,8,10H,3-4,12H2,1-2H3. The number of hydrogen-bond donors (Lipinski definition) is 1. The molecule has 3 unspecified atom stereocenters. The van der Waals surface area contributed by atoms with Crippen molar-refractivity contribution < 1.29 is 4.74 Å². The van der Waals surface area contributed by atoms with Crippen LogP contribution >= 0.6 is 15.9 Å². The average Bonchev–Trinajstić information content (AvgIpc) is 2.73. The monoisotopic (exact) mass is 273 g/mol. The van der Waals surface area contributed by atoms with Crippen LogP contribution in [0, 0.1) is 5.92 Å². The summed E-state index contributed by atoms with van der Waals surface area (Å²) < 4.78 is 8.44. The largest absolute Gasteiger partial charge is 0.376 e. The number of nitrogens with two attached hydrogens (primary N) is 1. The Hall–Kier alpha value is -0.390. The van der Waals surface area contributed by atoms with Crippen LogP contribution in [0.5, 0.6) is 0 Å². The molecule has 84 valence electrons. The molecule has 0 bridgehead atoms. The smallest absolute Gasteiger partial charge is 0.0809 e. The van der Waals surface area contributed by atoms with Crippen molar-refractivity contribution in [3.8, 4) is 0 Å². The summed E-state index contributed by atoms with van der Waals surface area (Å²) in [6, 6.07) is -0.107.